The maximum absolute atomic E-state index is 12.3. The van der Waals surface area contributed by atoms with E-state index in [9.17, 15) is 10.1 Å². The van der Waals surface area contributed by atoms with Crippen molar-refractivity contribution in [1.29, 1.82) is 5.26 Å². The molecule has 2 atom stereocenters. The van der Waals surface area contributed by atoms with Crippen molar-refractivity contribution >= 4 is 17.2 Å². The molecular weight excluding hydrogens is 510 g/mol. The Balaban J connectivity index is 1.07. The summed E-state index contributed by atoms with van der Waals surface area (Å²) in [5.41, 5.74) is 3.08. The lowest BCUT2D eigenvalue weighted by atomic mass is 9.87. The monoisotopic (exact) mass is 543 g/mol. The van der Waals surface area contributed by atoms with Crippen LogP contribution in [0.4, 0.5) is 5.82 Å². The summed E-state index contributed by atoms with van der Waals surface area (Å²) in [4.78, 5) is 23.7. The van der Waals surface area contributed by atoms with Gasteiger partial charge in [0.25, 0.3) is 0 Å². The Morgan fingerprint density at radius 3 is 2.83 bits per heavy atom. The third-order valence-corrected chi connectivity index (χ3v) is 8.65. The average Bonchev–Trinajstić information content (AvgIpc) is 3.57. The summed E-state index contributed by atoms with van der Waals surface area (Å²) in [6.45, 7) is 5.74. The molecule has 1 spiro atoms. The largest absolute Gasteiger partial charge is 0.491 e. The second-order valence-electron chi connectivity index (χ2n) is 11.3. The lowest BCUT2D eigenvalue weighted by Crippen LogP contribution is -2.70. The third-order valence-electron chi connectivity index (χ3n) is 8.65. The Morgan fingerprint density at radius 2 is 2.10 bits per heavy atom. The number of hydrogen-bond donors (Lipinski definition) is 0. The molecule has 40 heavy (non-hydrogen) atoms. The van der Waals surface area contributed by atoms with E-state index in [0.717, 1.165) is 81.1 Å². The van der Waals surface area contributed by atoms with Gasteiger partial charge in [0, 0.05) is 57.2 Å². The van der Waals surface area contributed by atoms with Crippen LogP contribution in [-0.4, -0.2) is 108 Å². The number of aromatic nitrogens is 3. The SMILES string of the molecule is COCC(=O)N1C2CC1CN(c1ccc(-c3cc(OCCN4CCOC5(CC5)C4)cn4ncc(C#N)c34)cn1)C2. The van der Waals surface area contributed by atoms with Crippen LogP contribution in [0.5, 0.6) is 5.75 Å². The van der Waals surface area contributed by atoms with E-state index in [1.54, 1.807) is 17.8 Å². The minimum absolute atomic E-state index is 0.0590. The van der Waals surface area contributed by atoms with Gasteiger partial charge in [0.2, 0.25) is 5.91 Å². The molecule has 208 valence electrons. The number of piperazine rings is 1. The minimum Gasteiger partial charge on any atom is -0.491 e. The van der Waals surface area contributed by atoms with Gasteiger partial charge < -0.3 is 24.0 Å². The van der Waals surface area contributed by atoms with Crippen molar-refractivity contribution in [3.05, 3.63) is 42.4 Å². The first kappa shape index (κ1) is 25.3. The molecule has 2 bridgehead atoms. The normalized spacial score (nSPS) is 23.2. The topological polar surface area (TPSA) is 108 Å². The van der Waals surface area contributed by atoms with Gasteiger partial charge in [0.15, 0.2) is 0 Å². The Hall–Kier alpha value is -3.72. The first-order valence-corrected chi connectivity index (χ1v) is 14.0. The molecule has 4 saturated heterocycles. The summed E-state index contributed by atoms with van der Waals surface area (Å²) >= 11 is 0. The number of anilines is 1. The molecule has 11 heteroatoms. The molecule has 11 nitrogen and oxygen atoms in total. The molecule has 0 radical (unpaired) electrons. The highest BCUT2D eigenvalue weighted by Gasteiger charge is 2.48. The third kappa shape index (κ3) is 4.56. The second kappa shape index (κ2) is 10.0. The highest BCUT2D eigenvalue weighted by Crippen LogP contribution is 2.42. The lowest BCUT2D eigenvalue weighted by molar-refractivity contribution is -0.150. The van der Waals surface area contributed by atoms with Crippen LogP contribution in [0, 0.1) is 11.3 Å². The van der Waals surface area contributed by atoms with Crippen LogP contribution in [0.3, 0.4) is 0 Å². The zero-order valence-corrected chi connectivity index (χ0v) is 22.7. The standard InChI is InChI=1S/C29H33N7O4/c1-38-18-27(37)36-22-10-23(36)16-34(15-22)26-3-2-20(13-31-26)25-11-24(17-35-28(25)21(12-30)14-32-35)39-8-6-33-7-9-40-29(19-33)4-5-29/h2-3,11,13-14,17,22-23H,4-10,15-16,18-19H2,1H3. The van der Waals surface area contributed by atoms with Crippen molar-refractivity contribution < 1.29 is 19.0 Å². The van der Waals surface area contributed by atoms with E-state index in [-0.39, 0.29) is 30.2 Å². The van der Waals surface area contributed by atoms with Crippen LogP contribution in [0.15, 0.2) is 36.8 Å². The summed E-state index contributed by atoms with van der Waals surface area (Å²) in [6.07, 6.45) is 8.61. The van der Waals surface area contributed by atoms with E-state index in [1.165, 1.54) is 0 Å². The molecule has 3 aromatic rings. The number of morpholine rings is 1. The number of piperidine rings is 1. The highest BCUT2D eigenvalue weighted by molar-refractivity contribution is 5.85. The molecule has 5 fully saturated rings. The van der Waals surface area contributed by atoms with Gasteiger partial charge in [-0.15, -0.1) is 0 Å². The van der Waals surface area contributed by atoms with Gasteiger partial charge in [-0.05, 0) is 37.5 Å². The maximum atomic E-state index is 12.3. The fourth-order valence-corrected chi connectivity index (χ4v) is 6.46. The summed E-state index contributed by atoms with van der Waals surface area (Å²) in [6, 6.07) is 8.69. The van der Waals surface area contributed by atoms with E-state index < -0.39 is 0 Å². The Labute approximate surface area is 232 Å². The first-order chi connectivity index (χ1) is 19.6. The fraction of sp³-hybridized carbons (Fsp3) is 0.517. The number of nitrogens with zero attached hydrogens (tertiary/aromatic N) is 7. The van der Waals surface area contributed by atoms with Crippen LogP contribution in [0.2, 0.25) is 0 Å². The molecule has 1 saturated carbocycles. The summed E-state index contributed by atoms with van der Waals surface area (Å²) in [5.74, 6) is 1.64. The van der Waals surface area contributed by atoms with Crippen molar-refractivity contribution in [2.24, 2.45) is 0 Å². The Bertz CT molecular complexity index is 1450. The summed E-state index contributed by atoms with van der Waals surface area (Å²) < 4.78 is 18.9. The molecule has 2 unspecified atom stereocenters. The van der Waals surface area contributed by atoms with Crippen LogP contribution in [-0.2, 0) is 14.3 Å². The summed E-state index contributed by atoms with van der Waals surface area (Å²) in [7, 11) is 1.55. The van der Waals surface area contributed by atoms with Crippen LogP contribution >= 0.6 is 0 Å². The van der Waals surface area contributed by atoms with Gasteiger partial charge in [-0.1, -0.05) is 0 Å². The Kier molecular flexibility index (Phi) is 6.34. The first-order valence-electron chi connectivity index (χ1n) is 14.0. The number of fused-ring (bicyclic) bond motifs is 3. The number of amides is 1. The van der Waals surface area contributed by atoms with E-state index in [1.807, 2.05) is 35.5 Å². The number of carbonyl (C=O) groups excluding carboxylic acids is 1. The maximum Gasteiger partial charge on any atom is 0.249 e. The van der Waals surface area contributed by atoms with Crippen molar-refractivity contribution in [2.75, 3.05) is 64.6 Å². The average molecular weight is 544 g/mol. The molecule has 4 aliphatic heterocycles. The molecule has 8 rings (SSSR count). The van der Waals surface area contributed by atoms with E-state index >= 15 is 0 Å². The molecule has 1 aliphatic carbocycles. The molecule has 3 aromatic heterocycles. The minimum atomic E-state index is 0.0590. The van der Waals surface area contributed by atoms with Crippen molar-refractivity contribution in [1.82, 2.24) is 24.4 Å². The van der Waals surface area contributed by atoms with Gasteiger partial charge in [-0.2, -0.15) is 10.4 Å². The summed E-state index contributed by atoms with van der Waals surface area (Å²) in [5, 5.41) is 14.1. The Morgan fingerprint density at radius 1 is 1.25 bits per heavy atom. The fourth-order valence-electron chi connectivity index (χ4n) is 6.46. The zero-order valence-electron chi connectivity index (χ0n) is 22.7. The number of rotatable bonds is 8. The molecular formula is C29H33N7O4. The predicted octanol–water partition coefficient (Wildman–Crippen LogP) is 1.95. The van der Waals surface area contributed by atoms with Crippen LogP contribution in [0.1, 0.15) is 24.8 Å². The van der Waals surface area contributed by atoms with Gasteiger partial charge in [-0.3, -0.25) is 9.69 Å². The van der Waals surface area contributed by atoms with Gasteiger partial charge in [-0.25, -0.2) is 9.50 Å². The number of ether oxygens (including phenoxy) is 3. The van der Waals surface area contributed by atoms with Crippen LogP contribution in [0.25, 0.3) is 16.6 Å². The van der Waals surface area contributed by atoms with E-state index in [4.69, 9.17) is 19.2 Å². The number of hydrogen-bond acceptors (Lipinski definition) is 9. The zero-order chi connectivity index (χ0) is 27.3. The van der Waals surface area contributed by atoms with Gasteiger partial charge in [0.1, 0.15) is 30.9 Å². The van der Waals surface area contributed by atoms with Gasteiger partial charge >= 0.3 is 0 Å². The smallest absolute Gasteiger partial charge is 0.249 e. The quantitative estimate of drug-likeness (QED) is 0.421. The second-order valence-corrected chi connectivity index (χ2v) is 11.3. The lowest BCUT2D eigenvalue weighted by Gasteiger charge is -2.56. The number of carbonyl (C=O) groups is 1. The molecule has 1 amide bonds. The number of methoxy groups -OCH3 is 1. The highest BCUT2D eigenvalue weighted by atomic mass is 16.5. The number of pyridine rings is 2. The van der Waals surface area contributed by atoms with Crippen LogP contribution < -0.4 is 9.64 Å². The molecule has 0 aromatic carbocycles. The van der Waals surface area contributed by atoms with E-state index in [2.05, 4.69) is 21.0 Å². The number of nitriles is 1. The van der Waals surface area contributed by atoms with E-state index in [0.29, 0.717) is 17.9 Å². The van der Waals surface area contributed by atoms with Gasteiger partial charge in [0.05, 0.1) is 47.8 Å². The molecule has 7 heterocycles. The van der Waals surface area contributed by atoms with Crippen molar-refractivity contribution in [3.63, 3.8) is 0 Å². The molecule has 5 aliphatic rings. The van der Waals surface area contributed by atoms with Crippen molar-refractivity contribution in [3.8, 4) is 22.9 Å². The predicted molar refractivity (Wildman–Crippen MR) is 146 cm³/mol. The van der Waals surface area contributed by atoms with Crippen molar-refractivity contribution in [2.45, 2.75) is 36.9 Å². The molecule has 0 N–H and O–H groups in total.